The smallest absolute Gasteiger partial charge is 0.0876 e. The van der Waals surface area contributed by atoms with Crippen molar-refractivity contribution in [3.63, 3.8) is 0 Å². The molecule has 1 fully saturated rings. The van der Waals surface area contributed by atoms with Gasteiger partial charge in [-0.25, -0.2) is 0 Å². The molecule has 2 rings (SSSR count). The third kappa shape index (κ3) is 1.71. The monoisotopic (exact) mass is 217 g/mol. The Bertz CT molecular complexity index is 420. The van der Waals surface area contributed by atoms with Crippen LogP contribution < -0.4 is 0 Å². The van der Waals surface area contributed by atoms with Crippen LogP contribution in [0.25, 0.3) is 0 Å². The van der Waals surface area contributed by atoms with Crippen LogP contribution in [0.2, 0.25) is 0 Å². The Morgan fingerprint density at radius 1 is 1.31 bits per heavy atom. The van der Waals surface area contributed by atoms with Crippen LogP contribution in [0.5, 0.6) is 0 Å². The lowest BCUT2D eigenvalue weighted by Crippen LogP contribution is -2.51. The zero-order valence-corrected chi connectivity index (χ0v) is 9.27. The van der Waals surface area contributed by atoms with Gasteiger partial charge < -0.3 is 10.2 Å². The fourth-order valence-corrected chi connectivity index (χ4v) is 2.53. The van der Waals surface area contributed by atoms with E-state index in [2.05, 4.69) is 6.07 Å². The molecule has 0 aromatic heterocycles. The molecular formula is C13H15NO2. The highest BCUT2D eigenvalue weighted by Gasteiger charge is 2.52. The predicted molar refractivity (Wildman–Crippen MR) is 59.5 cm³/mol. The maximum atomic E-state index is 9.75. The van der Waals surface area contributed by atoms with Gasteiger partial charge in [-0.15, -0.1) is 0 Å². The van der Waals surface area contributed by atoms with Crippen molar-refractivity contribution in [1.82, 2.24) is 0 Å². The average molecular weight is 217 g/mol. The van der Waals surface area contributed by atoms with Gasteiger partial charge in [0.15, 0.2) is 0 Å². The molecule has 0 bridgehead atoms. The van der Waals surface area contributed by atoms with E-state index in [1.54, 1.807) is 6.92 Å². The first-order valence-electron chi connectivity index (χ1n) is 5.35. The van der Waals surface area contributed by atoms with E-state index in [9.17, 15) is 10.4 Å². The first-order chi connectivity index (χ1) is 7.51. The summed E-state index contributed by atoms with van der Waals surface area (Å²) in [5, 5.41) is 27.9. The Hall–Kier alpha value is -1.37. The number of nitrogens with zero attached hydrogens (tertiary/aromatic N) is 1. The van der Waals surface area contributed by atoms with E-state index in [1.807, 2.05) is 24.3 Å². The fourth-order valence-electron chi connectivity index (χ4n) is 2.53. The van der Waals surface area contributed by atoms with Crippen molar-refractivity contribution in [3.8, 4) is 6.07 Å². The van der Waals surface area contributed by atoms with Crippen LogP contribution >= 0.6 is 0 Å². The number of rotatable bonds is 2. The summed E-state index contributed by atoms with van der Waals surface area (Å²) in [6.45, 7) is 1.77. The number of hydrogen-bond acceptors (Lipinski definition) is 3. The lowest BCUT2D eigenvalue weighted by molar-refractivity contribution is -0.0556. The van der Waals surface area contributed by atoms with Crippen LogP contribution in [0.15, 0.2) is 24.3 Å². The molecule has 2 N–H and O–H groups in total. The molecule has 0 saturated heterocycles. The number of benzene rings is 1. The van der Waals surface area contributed by atoms with Crippen LogP contribution in [-0.4, -0.2) is 15.8 Å². The Balaban J connectivity index is 2.27. The van der Waals surface area contributed by atoms with Crippen LogP contribution in [0.3, 0.4) is 0 Å². The summed E-state index contributed by atoms with van der Waals surface area (Å²) in [4.78, 5) is 0. The van der Waals surface area contributed by atoms with Crippen LogP contribution in [0, 0.1) is 11.3 Å². The minimum Gasteiger partial charge on any atom is -0.392 e. The standard InChI is InChI=1S/C13H15NO2/c1-12(16)7-13(8-12,9-14)11-4-2-10(6-15)3-5-11/h2-5,15-16H,6-8H2,1H3. The summed E-state index contributed by atoms with van der Waals surface area (Å²) in [7, 11) is 0. The molecule has 0 heterocycles. The van der Waals surface area contributed by atoms with Crippen molar-refractivity contribution in [3.05, 3.63) is 35.4 Å². The summed E-state index contributed by atoms with van der Waals surface area (Å²) in [6.07, 6.45) is 0.962. The number of aliphatic hydroxyl groups excluding tert-OH is 1. The number of nitriles is 1. The first-order valence-corrected chi connectivity index (χ1v) is 5.35. The SMILES string of the molecule is CC1(O)CC(C#N)(c2ccc(CO)cc2)C1. The average Bonchev–Trinajstić information content (AvgIpc) is 2.25. The molecule has 0 atom stereocenters. The second-order valence-electron chi connectivity index (χ2n) is 4.90. The van der Waals surface area contributed by atoms with Crippen LogP contribution in [0.1, 0.15) is 30.9 Å². The van der Waals surface area contributed by atoms with E-state index < -0.39 is 11.0 Å². The lowest BCUT2D eigenvalue weighted by Gasteiger charge is -2.47. The number of aliphatic hydroxyl groups is 2. The van der Waals surface area contributed by atoms with Crippen molar-refractivity contribution in [1.29, 1.82) is 5.26 Å². The fraction of sp³-hybridized carbons (Fsp3) is 0.462. The largest absolute Gasteiger partial charge is 0.392 e. The van der Waals surface area contributed by atoms with Crippen molar-refractivity contribution in [2.45, 2.75) is 37.4 Å². The van der Waals surface area contributed by atoms with Gasteiger partial charge in [0.1, 0.15) is 0 Å². The molecule has 0 unspecified atom stereocenters. The zero-order valence-electron chi connectivity index (χ0n) is 9.27. The van der Waals surface area contributed by atoms with Crippen molar-refractivity contribution < 1.29 is 10.2 Å². The van der Waals surface area contributed by atoms with E-state index in [0.29, 0.717) is 12.8 Å². The van der Waals surface area contributed by atoms with Gasteiger partial charge in [0.25, 0.3) is 0 Å². The van der Waals surface area contributed by atoms with Gasteiger partial charge in [0, 0.05) is 0 Å². The highest BCUT2D eigenvalue weighted by atomic mass is 16.3. The van der Waals surface area contributed by atoms with E-state index in [4.69, 9.17) is 5.11 Å². The first kappa shape index (κ1) is 11.1. The van der Waals surface area contributed by atoms with Crippen LogP contribution in [0.4, 0.5) is 0 Å². The molecule has 1 aromatic rings. The third-order valence-corrected chi connectivity index (χ3v) is 3.27. The van der Waals surface area contributed by atoms with Crippen molar-refractivity contribution >= 4 is 0 Å². The van der Waals surface area contributed by atoms with Gasteiger partial charge in [-0.3, -0.25) is 0 Å². The second kappa shape index (κ2) is 3.58. The molecule has 1 aliphatic carbocycles. The Labute approximate surface area is 95.0 Å². The van der Waals surface area contributed by atoms with Gasteiger partial charge in [-0.1, -0.05) is 24.3 Å². The minimum absolute atomic E-state index is 0.0115. The summed E-state index contributed by atoms with van der Waals surface area (Å²) in [5.41, 5.74) is 0.504. The molecule has 1 aliphatic rings. The Morgan fingerprint density at radius 3 is 2.25 bits per heavy atom. The summed E-state index contributed by atoms with van der Waals surface area (Å²) < 4.78 is 0. The van der Waals surface area contributed by atoms with E-state index in [1.165, 1.54) is 0 Å². The maximum absolute atomic E-state index is 9.75. The van der Waals surface area contributed by atoms with Gasteiger partial charge in [-0.2, -0.15) is 5.26 Å². The summed E-state index contributed by atoms with van der Waals surface area (Å²) in [6, 6.07) is 9.67. The van der Waals surface area contributed by atoms with Gasteiger partial charge >= 0.3 is 0 Å². The van der Waals surface area contributed by atoms with Crippen molar-refractivity contribution in [2.24, 2.45) is 0 Å². The Morgan fingerprint density at radius 2 is 1.88 bits per heavy atom. The quantitative estimate of drug-likeness (QED) is 0.788. The minimum atomic E-state index is -0.717. The third-order valence-electron chi connectivity index (χ3n) is 3.27. The van der Waals surface area contributed by atoms with E-state index >= 15 is 0 Å². The molecule has 0 aliphatic heterocycles. The summed E-state index contributed by atoms with van der Waals surface area (Å²) in [5.74, 6) is 0. The molecule has 16 heavy (non-hydrogen) atoms. The molecule has 1 aromatic carbocycles. The zero-order chi connectivity index (χ0) is 11.8. The molecule has 0 radical (unpaired) electrons. The molecule has 3 heteroatoms. The highest BCUT2D eigenvalue weighted by Crippen LogP contribution is 2.49. The maximum Gasteiger partial charge on any atom is 0.0876 e. The predicted octanol–water partition coefficient (Wildman–Crippen LogP) is 1.49. The van der Waals surface area contributed by atoms with E-state index in [-0.39, 0.29) is 6.61 Å². The topological polar surface area (TPSA) is 64.2 Å². The lowest BCUT2D eigenvalue weighted by atomic mass is 9.57. The van der Waals surface area contributed by atoms with Crippen molar-refractivity contribution in [2.75, 3.05) is 0 Å². The normalized spacial score (nSPS) is 32.9. The summed E-state index contributed by atoms with van der Waals surface area (Å²) >= 11 is 0. The van der Waals surface area contributed by atoms with E-state index in [0.717, 1.165) is 11.1 Å². The van der Waals surface area contributed by atoms with Crippen LogP contribution in [-0.2, 0) is 12.0 Å². The molecule has 0 amide bonds. The molecule has 84 valence electrons. The Kier molecular flexibility index (Phi) is 2.49. The molecule has 1 saturated carbocycles. The van der Waals surface area contributed by atoms with Gasteiger partial charge in [0.05, 0.1) is 23.7 Å². The number of hydrogen-bond donors (Lipinski definition) is 2. The molecule has 0 spiro atoms. The highest BCUT2D eigenvalue weighted by molar-refractivity contribution is 5.39. The van der Waals surface area contributed by atoms with Gasteiger partial charge in [0.2, 0.25) is 0 Å². The van der Waals surface area contributed by atoms with Gasteiger partial charge in [-0.05, 0) is 30.9 Å². The molecule has 3 nitrogen and oxygen atoms in total. The second-order valence-corrected chi connectivity index (χ2v) is 4.90. The molecular weight excluding hydrogens is 202 g/mol.